The second-order valence-electron chi connectivity index (χ2n) is 8.11. The molecule has 30 heavy (non-hydrogen) atoms. The van der Waals surface area contributed by atoms with Crippen LogP contribution in [0.2, 0.25) is 0 Å². The molecule has 9 nitrogen and oxygen atoms in total. The first-order valence-corrected chi connectivity index (χ1v) is 10.3. The van der Waals surface area contributed by atoms with Crippen LogP contribution in [0, 0.1) is 5.92 Å². The number of primary amides is 1. The van der Waals surface area contributed by atoms with E-state index in [-0.39, 0.29) is 23.8 Å². The molecule has 2 aromatic heterocycles. The highest BCUT2D eigenvalue weighted by atomic mass is 16.5. The Labute approximate surface area is 173 Å². The van der Waals surface area contributed by atoms with Crippen molar-refractivity contribution >= 4 is 22.9 Å². The average molecular weight is 407 g/mol. The minimum Gasteiger partial charge on any atom is -0.495 e. The van der Waals surface area contributed by atoms with Crippen molar-refractivity contribution in [3.8, 4) is 5.75 Å². The average Bonchev–Trinajstić information content (AvgIpc) is 3.36. The highest BCUT2D eigenvalue weighted by Gasteiger charge is 2.33. The van der Waals surface area contributed by atoms with Crippen molar-refractivity contribution in [2.45, 2.75) is 44.1 Å². The number of carbonyl (C=O) groups excluding carboxylic acids is 1. The molecule has 1 unspecified atom stereocenters. The molecular weight excluding hydrogens is 382 g/mol. The summed E-state index contributed by atoms with van der Waals surface area (Å²) in [5, 5.41) is 8.02. The van der Waals surface area contributed by atoms with Gasteiger partial charge in [-0.1, -0.05) is 12.1 Å². The number of benzene rings is 1. The molecule has 9 heteroatoms. The smallest absolute Gasteiger partial charge is 0.220 e. The second kappa shape index (κ2) is 7.16. The van der Waals surface area contributed by atoms with Crippen LogP contribution in [-0.2, 0) is 11.2 Å². The van der Waals surface area contributed by atoms with Gasteiger partial charge in [0.25, 0.3) is 0 Å². The topological polar surface area (TPSA) is 133 Å². The number of para-hydroxylation sites is 1. The van der Waals surface area contributed by atoms with E-state index in [2.05, 4.69) is 21.5 Å². The Morgan fingerprint density at radius 2 is 2.07 bits per heavy atom. The van der Waals surface area contributed by atoms with Crippen LogP contribution in [0.15, 0.2) is 24.5 Å². The summed E-state index contributed by atoms with van der Waals surface area (Å²) in [6.45, 7) is 0. The summed E-state index contributed by atoms with van der Waals surface area (Å²) in [6, 6.07) is 5.98. The number of carbonyl (C=O) groups is 1. The fourth-order valence-electron chi connectivity index (χ4n) is 4.84. The van der Waals surface area contributed by atoms with Crippen LogP contribution in [0.4, 0.5) is 11.5 Å². The fraction of sp³-hybridized carbons (Fsp3) is 0.429. The van der Waals surface area contributed by atoms with Crippen LogP contribution in [-0.4, -0.2) is 32.6 Å². The summed E-state index contributed by atoms with van der Waals surface area (Å²) in [4.78, 5) is 20.8. The summed E-state index contributed by atoms with van der Waals surface area (Å²) in [6.07, 6.45) is 5.49. The van der Waals surface area contributed by atoms with Crippen molar-refractivity contribution in [1.82, 2.24) is 19.6 Å². The number of nitrogens with two attached hydrogens (primary N) is 2. The lowest BCUT2D eigenvalue weighted by molar-refractivity contribution is -0.122. The number of nitrogens with zero attached hydrogens (tertiary/aromatic N) is 4. The van der Waals surface area contributed by atoms with E-state index < -0.39 is 0 Å². The number of ether oxygens (including phenoxy) is 1. The van der Waals surface area contributed by atoms with Gasteiger partial charge in [-0.05, 0) is 37.3 Å². The van der Waals surface area contributed by atoms with Crippen molar-refractivity contribution in [2.75, 3.05) is 18.2 Å². The van der Waals surface area contributed by atoms with Crippen LogP contribution in [0.3, 0.4) is 0 Å². The van der Waals surface area contributed by atoms with Crippen molar-refractivity contribution in [3.63, 3.8) is 0 Å². The second-order valence-corrected chi connectivity index (χ2v) is 8.11. The van der Waals surface area contributed by atoms with Gasteiger partial charge in [-0.2, -0.15) is 5.10 Å². The van der Waals surface area contributed by atoms with Crippen molar-refractivity contribution in [2.24, 2.45) is 11.7 Å². The number of methoxy groups -OCH3 is 1. The quantitative estimate of drug-likeness (QED) is 0.603. The van der Waals surface area contributed by atoms with Crippen molar-refractivity contribution in [3.05, 3.63) is 41.6 Å². The van der Waals surface area contributed by atoms with E-state index in [1.54, 1.807) is 7.11 Å². The van der Waals surface area contributed by atoms with E-state index in [9.17, 15) is 4.79 Å². The van der Waals surface area contributed by atoms with Gasteiger partial charge in [0.15, 0.2) is 5.82 Å². The monoisotopic (exact) mass is 407 g/mol. The molecule has 1 aliphatic heterocycles. The Kier molecular flexibility index (Phi) is 4.45. The number of aromatic nitrogens is 4. The van der Waals surface area contributed by atoms with E-state index >= 15 is 0 Å². The van der Waals surface area contributed by atoms with Crippen LogP contribution < -0.4 is 21.5 Å². The molecule has 0 bridgehead atoms. The van der Waals surface area contributed by atoms with Gasteiger partial charge in [-0.25, -0.2) is 14.5 Å². The summed E-state index contributed by atoms with van der Waals surface area (Å²) in [7, 11) is 1.67. The molecule has 1 aliphatic carbocycles. The lowest BCUT2D eigenvalue weighted by atomic mass is 9.81. The SMILES string of the molecule is COc1cccc2c1NC(c1nc(C3CCC(C(N)=O)CC3)n3ncnc(N)c13)C2. The molecule has 0 radical (unpaired) electrons. The zero-order valence-corrected chi connectivity index (χ0v) is 16.8. The number of hydrogen-bond donors (Lipinski definition) is 3. The van der Waals surface area contributed by atoms with Gasteiger partial charge >= 0.3 is 0 Å². The first-order valence-electron chi connectivity index (χ1n) is 10.3. The van der Waals surface area contributed by atoms with Gasteiger partial charge in [0.2, 0.25) is 5.91 Å². The molecule has 3 heterocycles. The third-order valence-corrected chi connectivity index (χ3v) is 6.41. The number of anilines is 2. The van der Waals surface area contributed by atoms with Crippen LogP contribution >= 0.6 is 0 Å². The highest BCUT2D eigenvalue weighted by molar-refractivity contribution is 5.77. The molecule has 1 saturated carbocycles. The van der Waals surface area contributed by atoms with E-state index in [1.807, 2.05) is 16.6 Å². The normalized spacial score (nSPS) is 23.2. The zero-order chi connectivity index (χ0) is 20.8. The molecule has 5 rings (SSSR count). The first kappa shape index (κ1) is 18.7. The van der Waals surface area contributed by atoms with Crippen LogP contribution in [0.5, 0.6) is 5.75 Å². The van der Waals surface area contributed by atoms with Crippen molar-refractivity contribution < 1.29 is 9.53 Å². The highest BCUT2D eigenvalue weighted by Crippen LogP contribution is 2.43. The van der Waals surface area contributed by atoms with Gasteiger partial charge < -0.3 is 21.5 Å². The molecule has 2 aliphatic rings. The van der Waals surface area contributed by atoms with Gasteiger partial charge in [0.05, 0.1) is 24.5 Å². The number of amides is 1. The number of imidazole rings is 1. The van der Waals surface area contributed by atoms with E-state index in [0.717, 1.165) is 60.6 Å². The minimum atomic E-state index is -0.212. The molecule has 1 aromatic carbocycles. The maximum Gasteiger partial charge on any atom is 0.220 e. The molecule has 1 fully saturated rings. The van der Waals surface area contributed by atoms with Gasteiger partial charge in [0.1, 0.15) is 23.4 Å². The maximum atomic E-state index is 11.5. The Bertz CT molecular complexity index is 1120. The van der Waals surface area contributed by atoms with E-state index in [1.165, 1.54) is 11.9 Å². The summed E-state index contributed by atoms with van der Waals surface area (Å²) in [5.41, 5.74) is 15.5. The Morgan fingerprint density at radius 1 is 1.27 bits per heavy atom. The molecule has 0 spiro atoms. The number of hydrogen-bond acceptors (Lipinski definition) is 7. The summed E-state index contributed by atoms with van der Waals surface area (Å²) >= 11 is 0. The van der Waals surface area contributed by atoms with Crippen molar-refractivity contribution in [1.29, 1.82) is 0 Å². The van der Waals surface area contributed by atoms with Gasteiger partial charge in [-0.3, -0.25) is 4.79 Å². The maximum absolute atomic E-state index is 11.5. The zero-order valence-electron chi connectivity index (χ0n) is 16.8. The van der Waals surface area contributed by atoms with E-state index in [4.69, 9.17) is 21.2 Å². The molecule has 1 amide bonds. The minimum absolute atomic E-state index is 0.0460. The standard InChI is InChI=1S/C21H25N7O2/c1-30-15-4-2-3-13-9-14(26-16(13)15)17-18-19(22)24-10-25-28(18)21(27-17)12-7-5-11(6-8-12)20(23)29/h2-4,10-12,14,26H,5-9H2,1H3,(H2,23,29)(H2,22,24,25). The Balaban J connectivity index is 1.52. The lowest BCUT2D eigenvalue weighted by Crippen LogP contribution is -2.27. The lowest BCUT2D eigenvalue weighted by Gasteiger charge is -2.25. The number of fused-ring (bicyclic) bond motifs is 2. The third kappa shape index (κ3) is 2.92. The Hall–Kier alpha value is -3.36. The predicted molar refractivity (Wildman–Crippen MR) is 112 cm³/mol. The first-order chi connectivity index (χ1) is 14.6. The Morgan fingerprint density at radius 3 is 2.80 bits per heavy atom. The summed E-state index contributed by atoms with van der Waals surface area (Å²) < 4.78 is 7.34. The van der Waals surface area contributed by atoms with Crippen LogP contribution in [0.25, 0.3) is 5.52 Å². The predicted octanol–water partition coefficient (Wildman–Crippen LogP) is 2.18. The number of nitrogens with one attached hydrogen (secondary N) is 1. The summed E-state index contributed by atoms with van der Waals surface area (Å²) in [5.74, 6) is 2.04. The molecule has 156 valence electrons. The third-order valence-electron chi connectivity index (χ3n) is 6.41. The molecular formula is C21H25N7O2. The molecule has 5 N–H and O–H groups in total. The molecule has 3 aromatic rings. The van der Waals surface area contributed by atoms with Crippen LogP contribution in [0.1, 0.15) is 54.7 Å². The largest absolute Gasteiger partial charge is 0.495 e. The number of rotatable bonds is 4. The molecule has 1 atom stereocenters. The number of nitrogen functional groups attached to an aromatic ring is 1. The van der Waals surface area contributed by atoms with Gasteiger partial charge in [0, 0.05) is 18.3 Å². The fourth-order valence-corrected chi connectivity index (χ4v) is 4.84. The molecule has 0 saturated heterocycles. The van der Waals surface area contributed by atoms with Gasteiger partial charge in [-0.15, -0.1) is 0 Å². The van der Waals surface area contributed by atoms with E-state index in [0.29, 0.717) is 5.82 Å².